The SMILES string of the molecule is Oc1cccn1-c1ccccc1. The highest BCUT2D eigenvalue weighted by Gasteiger charge is 1.97. The summed E-state index contributed by atoms with van der Waals surface area (Å²) in [4.78, 5) is 0. The van der Waals surface area contributed by atoms with Gasteiger partial charge in [-0.1, -0.05) is 18.2 Å². The molecule has 0 spiro atoms. The van der Waals surface area contributed by atoms with Crippen LogP contribution in [0.2, 0.25) is 0 Å². The first-order valence-electron chi connectivity index (χ1n) is 3.80. The minimum atomic E-state index is 0.265. The molecule has 0 saturated heterocycles. The summed E-state index contributed by atoms with van der Waals surface area (Å²) in [7, 11) is 0. The Morgan fingerprint density at radius 2 is 1.67 bits per heavy atom. The molecular formula is C10H9NO. The highest BCUT2D eigenvalue weighted by Crippen LogP contribution is 2.16. The summed E-state index contributed by atoms with van der Waals surface area (Å²) < 4.78 is 1.72. The molecule has 0 fully saturated rings. The van der Waals surface area contributed by atoms with E-state index in [-0.39, 0.29) is 5.88 Å². The van der Waals surface area contributed by atoms with Crippen LogP contribution in [0.15, 0.2) is 48.7 Å². The van der Waals surface area contributed by atoms with Gasteiger partial charge in [0.1, 0.15) is 0 Å². The first-order valence-corrected chi connectivity index (χ1v) is 3.80. The van der Waals surface area contributed by atoms with E-state index in [0.717, 1.165) is 5.69 Å². The zero-order valence-electron chi connectivity index (χ0n) is 6.51. The van der Waals surface area contributed by atoms with Gasteiger partial charge in [0.05, 0.1) is 0 Å². The minimum absolute atomic E-state index is 0.265. The van der Waals surface area contributed by atoms with Crippen LogP contribution in [0.5, 0.6) is 5.88 Å². The Labute approximate surface area is 70.7 Å². The molecule has 0 atom stereocenters. The van der Waals surface area contributed by atoms with Crippen molar-refractivity contribution in [3.05, 3.63) is 48.7 Å². The molecule has 0 unspecified atom stereocenters. The predicted molar refractivity (Wildman–Crippen MR) is 47.4 cm³/mol. The van der Waals surface area contributed by atoms with Crippen molar-refractivity contribution in [2.75, 3.05) is 0 Å². The van der Waals surface area contributed by atoms with Crippen molar-refractivity contribution in [3.8, 4) is 11.6 Å². The monoisotopic (exact) mass is 159 g/mol. The summed E-state index contributed by atoms with van der Waals surface area (Å²) in [6.45, 7) is 0. The van der Waals surface area contributed by atoms with Gasteiger partial charge in [-0.2, -0.15) is 0 Å². The fourth-order valence-corrected chi connectivity index (χ4v) is 1.18. The molecule has 2 nitrogen and oxygen atoms in total. The number of rotatable bonds is 1. The lowest BCUT2D eigenvalue weighted by molar-refractivity contribution is 0.443. The Morgan fingerprint density at radius 1 is 0.917 bits per heavy atom. The van der Waals surface area contributed by atoms with Crippen LogP contribution in [-0.4, -0.2) is 9.67 Å². The highest BCUT2D eigenvalue weighted by molar-refractivity contribution is 5.36. The van der Waals surface area contributed by atoms with Gasteiger partial charge in [-0.3, -0.25) is 4.57 Å². The predicted octanol–water partition coefficient (Wildman–Crippen LogP) is 2.18. The zero-order chi connectivity index (χ0) is 8.39. The van der Waals surface area contributed by atoms with Gasteiger partial charge in [-0.05, 0) is 18.2 Å². The van der Waals surface area contributed by atoms with Gasteiger partial charge in [0.15, 0.2) is 5.88 Å². The molecular weight excluding hydrogens is 150 g/mol. The molecule has 0 aliphatic carbocycles. The van der Waals surface area contributed by atoms with E-state index in [1.165, 1.54) is 0 Å². The standard InChI is InChI=1S/C10H9NO/c12-10-7-4-8-11(10)9-5-2-1-3-6-9/h1-8,12H. The third kappa shape index (κ3) is 1.07. The van der Waals surface area contributed by atoms with E-state index in [1.807, 2.05) is 42.6 Å². The molecule has 0 bridgehead atoms. The van der Waals surface area contributed by atoms with Gasteiger partial charge in [0, 0.05) is 18.0 Å². The van der Waals surface area contributed by atoms with Gasteiger partial charge in [-0.25, -0.2) is 0 Å². The number of aromatic hydroxyl groups is 1. The summed E-state index contributed by atoms with van der Waals surface area (Å²) in [5.41, 5.74) is 0.972. The summed E-state index contributed by atoms with van der Waals surface area (Å²) in [5, 5.41) is 9.37. The third-order valence-corrected chi connectivity index (χ3v) is 1.76. The van der Waals surface area contributed by atoms with Crippen molar-refractivity contribution in [2.24, 2.45) is 0 Å². The van der Waals surface area contributed by atoms with E-state index >= 15 is 0 Å². The Kier molecular flexibility index (Phi) is 1.59. The lowest BCUT2D eigenvalue weighted by atomic mass is 10.3. The Balaban J connectivity index is 2.51. The normalized spacial score (nSPS) is 10.0. The van der Waals surface area contributed by atoms with Gasteiger partial charge in [0.25, 0.3) is 0 Å². The smallest absolute Gasteiger partial charge is 0.195 e. The molecule has 2 aromatic rings. The van der Waals surface area contributed by atoms with Crippen LogP contribution in [0.3, 0.4) is 0 Å². The third-order valence-electron chi connectivity index (χ3n) is 1.76. The Bertz CT molecular complexity index is 364. The maximum atomic E-state index is 9.37. The molecule has 0 aliphatic rings. The van der Waals surface area contributed by atoms with Crippen molar-refractivity contribution in [1.82, 2.24) is 4.57 Å². The molecule has 1 heterocycles. The molecule has 0 aliphatic heterocycles. The van der Waals surface area contributed by atoms with Gasteiger partial charge >= 0.3 is 0 Å². The quantitative estimate of drug-likeness (QED) is 0.677. The van der Waals surface area contributed by atoms with Crippen molar-refractivity contribution in [1.29, 1.82) is 0 Å². The summed E-state index contributed by atoms with van der Waals surface area (Å²) in [5.74, 6) is 0.265. The number of hydrogen-bond donors (Lipinski definition) is 1. The average Bonchev–Trinajstić information content (AvgIpc) is 2.53. The summed E-state index contributed by atoms with van der Waals surface area (Å²) in [6, 6.07) is 13.2. The molecule has 60 valence electrons. The molecule has 12 heavy (non-hydrogen) atoms. The van der Waals surface area contributed by atoms with Crippen molar-refractivity contribution < 1.29 is 5.11 Å². The van der Waals surface area contributed by atoms with Crippen LogP contribution in [0.4, 0.5) is 0 Å². The van der Waals surface area contributed by atoms with Gasteiger partial charge < -0.3 is 5.11 Å². The second-order valence-electron chi connectivity index (χ2n) is 2.57. The molecule has 1 aromatic carbocycles. The Hall–Kier alpha value is -1.70. The lowest BCUT2D eigenvalue weighted by Gasteiger charge is -2.02. The van der Waals surface area contributed by atoms with E-state index in [1.54, 1.807) is 10.6 Å². The Morgan fingerprint density at radius 3 is 2.25 bits per heavy atom. The van der Waals surface area contributed by atoms with Crippen LogP contribution in [-0.2, 0) is 0 Å². The van der Waals surface area contributed by atoms with Crippen molar-refractivity contribution in [3.63, 3.8) is 0 Å². The van der Waals surface area contributed by atoms with E-state index < -0.39 is 0 Å². The first-order chi connectivity index (χ1) is 5.88. The number of nitrogens with zero attached hydrogens (tertiary/aromatic N) is 1. The number of benzene rings is 1. The maximum absolute atomic E-state index is 9.37. The second kappa shape index (κ2) is 2.74. The maximum Gasteiger partial charge on any atom is 0.195 e. The number of para-hydroxylation sites is 1. The second-order valence-corrected chi connectivity index (χ2v) is 2.57. The molecule has 1 N–H and O–H groups in total. The fraction of sp³-hybridized carbons (Fsp3) is 0. The average molecular weight is 159 g/mol. The van der Waals surface area contributed by atoms with Crippen LogP contribution >= 0.6 is 0 Å². The molecule has 0 radical (unpaired) electrons. The topological polar surface area (TPSA) is 25.2 Å². The lowest BCUT2D eigenvalue weighted by Crippen LogP contribution is -1.88. The molecule has 2 rings (SSSR count). The summed E-state index contributed by atoms with van der Waals surface area (Å²) >= 11 is 0. The molecule has 2 heteroatoms. The first kappa shape index (κ1) is 6.98. The molecule has 1 aromatic heterocycles. The molecule has 0 saturated carbocycles. The van der Waals surface area contributed by atoms with Crippen LogP contribution in [0.25, 0.3) is 5.69 Å². The van der Waals surface area contributed by atoms with E-state index in [9.17, 15) is 5.11 Å². The van der Waals surface area contributed by atoms with E-state index in [0.29, 0.717) is 0 Å². The fourth-order valence-electron chi connectivity index (χ4n) is 1.18. The van der Waals surface area contributed by atoms with Crippen molar-refractivity contribution >= 4 is 0 Å². The summed E-state index contributed by atoms with van der Waals surface area (Å²) in [6.07, 6.45) is 1.82. The zero-order valence-corrected chi connectivity index (χ0v) is 6.51. The minimum Gasteiger partial charge on any atom is -0.494 e. The number of aromatic nitrogens is 1. The number of hydrogen-bond acceptors (Lipinski definition) is 1. The van der Waals surface area contributed by atoms with Crippen LogP contribution in [0, 0.1) is 0 Å². The van der Waals surface area contributed by atoms with Crippen LogP contribution < -0.4 is 0 Å². The molecule has 0 amide bonds. The van der Waals surface area contributed by atoms with E-state index in [2.05, 4.69) is 0 Å². The largest absolute Gasteiger partial charge is 0.494 e. The van der Waals surface area contributed by atoms with Gasteiger partial charge in [0.2, 0.25) is 0 Å². The van der Waals surface area contributed by atoms with Crippen LogP contribution in [0.1, 0.15) is 0 Å². The van der Waals surface area contributed by atoms with Crippen molar-refractivity contribution in [2.45, 2.75) is 0 Å². The highest BCUT2D eigenvalue weighted by atomic mass is 16.3. The van der Waals surface area contributed by atoms with E-state index in [4.69, 9.17) is 0 Å². The van der Waals surface area contributed by atoms with Gasteiger partial charge in [-0.15, -0.1) is 0 Å².